The predicted molar refractivity (Wildman–Crippen MR) is 87.3 cm³/mol. The molecule has 1 N–H and O–H groups in total. The van der Waals surface area contributed by atoms with E-state index in [1.807, 2.05) is 6.07 Å². The summed E-state index contributed by atoms with van der Waals surface area (Å²) >= 11 is 9.64. The van der Waals surface area contributed by atoms with Crippen LogP contribution in [-0.4, -0.2) is 4.98 Å². The summed E-state index contributed by atoms with van der Waals surface area (Å²) in [6.07, 6.45) is 6.48. The molecule has 0 radical (unpaired) electrons. The minimum Gasteiger partial charge on any atom is -0.376 e. The number of nitrogens with zero attached hydrogens (tertiary/aromatic N) is 1. The molecule has 20 heavy (non-hydrogen) atoms. The molecule has 2 nitrogen and oxygen atoms in total. The van der Waals surface area contributed by atoms with Crippen LogP contribution in [-0.2, 0) is 6.42 Å². The minimum atomic E-state index is 0.308. The third-order valence-electron chi connectivity index (χ3n) is 3.75. The first-order valence-electron chi connectivity index (χ1n) is 6.89. The zero-order chi connectivity index (χ0) is 13.9. The number of rotatable bonds is 2. The lowest BCUT2D eigenvalue weighted by Gasteiger charge is -2.21. The van der Waals surface area contributed by atoms with Crippen molar-refractivity contribution in [3.8, 4) is 0 Å². The van der Waals surface area contributed by atoms with Gasteiger partial charge in [-0.1, -0.05) is 42.3 Å². The van der Waals surface area contributed by atoms with Crippen molar-refractivity contribution in [1.29, 1.82) is 0 Å². The molecule has 1 unspecified atom stereocenters. The second-order valence-electron chi connectivity index (χ2n) is 5.13. The Morgan fingerprint density at radius 3 is 3.00 bits per heavy atom. The van der Waals surface area contributed by atoms with Crippen molar-refractivity contribution in [2.45, 2.75) is 31.7 Å². The van der Waals surface area contributed by atoms with Crippen LogP contribution in [0.5, 0.6) is 0 Å². The van der Waals surface area contributed by atoms with Crippen LogP contribution in [0.25, 0.3) is 0 Å². The largest absolute Gasteiger partial charge is 0.376 e. The van der Waals surface area contributed by atoms with Crippen LogP contribution >= 0.6 is 27.5 Å². The predicted octanol–water partition coefficient (Wildman–Crippen LogP) is 5.38. The maximum atomic E-state index is 6.19. The van der Waals surface area contributed by atoms with Gasteiger partial charge in [0.1, 0.15) is 0 Å². The van der Waals surface area contributed by atoms with Gasteiger partial charge in [-0.25, -0.2) is 4.98 Å². The Morgan fingerprint density at radius 1 is 1.25 bits per heavy atom. The number of nitrogens with one attached hydrogen (secondary N) is 1. The van der Waals surface area contributed by atoms with E-state index in [4.69, 9.17) is 11.6 Å². The standard InChI is InChI=1S/C16H16BrClN2/c17-12-9-15(16(18)19-10-12)20-14-8-4-2-6-11-5-1-3-7-13(11)14/h1,3,5,7,9-10,14,20H,2,4,6,8H2. The first kappa shape index (κ1) is 13.9. The van der Waals surface area contributed by atoms with Crippen LogP contribution < -0.4 is 5.32 Å². The van der Waals surface area contributed by atoms with Gasteiger partial charge in [-0.05, 0) is 52.4 Å². The van der Waals surface area contributed by atoms with Crippen molar-refractivity contribution >= 4 is 33.2 Å². The molecule has 1 atom stereocenters. The highest BCUT2D eigenvalue weighted by Crippen LogP contribution is 2.33. The Kier molecular flexibility index (Phi) is 4.27. The molecule has 0 amide bonds. The third-order valence-corrected chi connectivity index (χ3v) is 4.49. The Bertz CT molecular complexity index is 615. The monoisotopic (exact) mass is 350 g/mol. The number of pyridine rings is 1. The molecule has 104 valence electrons. The second-order valence-corrected chi connectivity index (χ2v) is 6.41. The van der Waals surface area contributed by atoms with Crippen molar-refractivity contribution in [1.82, 2.24) is 4.98 Å². The van der Waals surface area contributed by atoms with Crippen molar-refractivity contribution in [2.75, 3.05) is 5.32 Å². The maximum absolute atomic E-state index is 6.19. The van der Waals surface area contributed by atoms with Crippen molar-refractivity contribution in [3.05, 3.63) is 57.3 Å². The summed E-state index contributed by atoms with van der Waals surface area (Å²) in [6, 6.07) is 11.0. The van der Waals surface area contributed by atoms with E-state index in [0.29, 0.717) is 11.2 Å². The Hall–Kier alpha value is -1.06. The molecule has 1 aromatic heterocycles. The molecular formula is C16H16BrClN2. The van der Waals surface area contributed by atoms with E-state index in [9.17, 15) is 0 Å². The van der Waals surface area contributed by atoms with E-state index in [0.717, 1.165) is 16.6 Å². The normalized spacial score (nSPS) is 18.2. The highest BCUT2D eigenvalue weighted by molar-refractivity contribution is 9.10. The molecule has 0 bridgehead atoms. The second kappa shape index (κ2) is 6.15. The summed E-state index contributed by atoms with van der Waals surface area (Å²) in [4.78, 5) is 4.18. The average molecular weight is 352 g/mol. The summed E-state index contributed by atoms with van der Waals surface area (Å²) in [5.41, 5.74) is 3.73. The molecule has 0 fully saturated rings. The highest BCUT2D eigenvalue weighted by atomic mass is 79.9. The highest BCUT2D eigenvalue weighted by Gasteiger charge is 2.19. The van der Waals surface area contributed by atoms with E-state index in [2.05, 4.69) is 50.5 Å². The zero-order valence-electron chi connectivity index (χ0n) is 11.1. The smallest absolute Gasteiger partial charge is 0.152 e. The fourth-order valence-corrected chi connectivity index (χ4v) is 3.27. The Labute approximate surface area is 132 Å². The fraction of sp³-hybridized carbons (Fsp3) is 0.312. The maximum Gasteiger partial charge on any atom is 0.152 e. The third kappa shape index (κ3) is 2.99. The molecule has 0 saturated heterocycles. The van der Waals surface area contributed by atoms with E-state index < -0.39 is 0 Å². The first-order valence-corrected chi connectivity index (χ1v) is 8.06. The van der Waals surface area contributed by atoms with Gasteiger partial charge in [0.15, 0.2) is 5.15 Å². The van der Waals surface area contributed by atoms with Crippen molar-refractivity contribution < 1.29 is 0 Å². The lowest BCUT2D eigenvalue weighted by atomic mass is 9.99. The summed E-state index contributed by atoms with van der Waals surface area (Å²) in [7, 11) is 0. The average Bonchev–Trinajstić information content (AvgIpc) is 2.66. The molecule has 4 heteroatoms. The van der Waals surface area contributed by atoms with Gasteiger partial charge >= 0.3 is 0 Å². The molecule has 0 saturated carbocycles. The number of hydrogen-bond acceptors (Lipinski definition) is 2. The summed E-state index contributed by atoms with van der Waals surface area (Å²) in [6.45, 7) is 0. The number of aryl methyl sites for hydroxylation is 1. The zero-order valence-corrected chi connectivity index (χ0v) is 13.4. The number of fused-ring (bicyclic) bond motifs is 1. The Morgan fingerprint density at radius 2 is 2.10 bits per heavy atom. The molecular weight excluding hydrogens is 336 g/mol. The van der Waals surface area contributed by atoms with Gasteiger partial charge in [0.25, 0.3) is 0 Å². The minimum absolute atomic E-state index is 0.308. The molecule has 2 aromatic rings. The van der Waals surface area contributed by atoms with Gasteiger partial charge in [0, 0.05) is 10.7 Å². The van der Waals surface area contributed by atoms with E-state index in [-0.39, 0.29) is 0 Å². The van der Waals surface area contributed by atoms with Gasteiger partial charge in [-0.15, -0.1) is 0 Å². The number of benzene rings is 1. The van der Waals surface area contributed by atoms with Crippen molar-refractivity contribution in [3.63, 3.8) is 0 Å². The quantitative estimate of drug-likeness (QED) is 0.580. The van der Waals surface area contributed by atoms with Gasteiger partial charge in [0.05, 0.1) is 11.7 Å². The fourth-order valence-electron chi connectivity index (χ4n) is 2.78. The van der Waals surface area contributed by atoms with E-state index >= 15 is 0 Å². The molecule has 3 rings (SSSR count). The van der Waals surface area contributed by atoms with Gasteiger partial charge in [-0.3, -0.25) is 0 Å². The number of hydrogen-bond donors (Lipinski definition) is 1. The van der Waals surface area contributed by atoms with E-state index in [1.165, 1.54) is 30.4 Å². The number of aromatic nitrogens is 1. The Balaban J connectivity index is 1.92. The lowest BCUT2D eigenvalue weighted by molar-refractivity contribution is 0.644. The van der Waals surface area contributed by atoms with Gasteiger partial charge in [0.2, 0.25) is 0 Å². The molecule has 1 heterocycles. The molecule has 0 aliphatic heterocycles. The van der Waals surface area contributed by atoms with Crippen LogP contribution in [0.2, 0.25) is 5.15 Å². The first-order chi connectivity index (χ1) is 9.74. The molecule has 1 aromatic carbocycles. The van der Waals surface area contributed by atoms with Crippen LogP contribution in [0.4, 0.5) is 5.69 Å². The van der Waals surface area contributed by atoms with Crippen LogP contribution in [0.3, 0.4) is 0 Å². The number of anilines is 1. The SMILES string of the molecule is Clc1ncc(Br)cc1NC1CCCCc2ccccc21. The summed E-state index contributed by atoms with van der Waals surface area (Å²) in [5, 5.41) is 4.08. The molecule has 0 spiro atoms. The molecule has 1 aliphatic rings. The lowest BCUT2D eigenvalue weighted by Crippen LogP contribution is -2.11. The summed E-state index contributed by atoms with van der Waals surface area (Å²) in [5.74, 6) is 0. The van der Waals surface area contributed by atoms with Crippen LogP contribution in [0.15, 0.2) is 41.0 Å². The van der Waals surface area contributed by atoms with E-state index in [1.54, 1.807) is 6.20 Å². The van der Waals surface area contributed by atoms with Crippen LogP contribution in [0, 0.1) is 0 Å². The summed E-state index contributed by atoms with van der Waals surface area (Å²) < 4.78 is 0.936. The van der Waals surface area contributed by atoms with Crippen molar-refractivity contribution in [2.24, 2.45) is 0 Å². The topological polar surface area (TPSA) is 24.9 Å². The number of halogens is 2. The van der Waals surface area contributed by atoms with Crippen LogP contribution in [0.1, 0.15) is 36.4 Å². The van der Waals surface area contributed by atoms with Gasteiger partial charge < -0.3 is 5.32 Å². The molecule has 1 aliphatic carbocycles. The van der Waals surface area contributed by atoms with Gasteiger partial charge in [-0.2, -0.15) is 0 Å².